The molecule has 0 radical (unpaired) electrons. The summed E-state index contributed by atoms with van der Waals surface area (Å²) in [4.78, 5) is 33.0. The van der Waals surface area contributed by atoms with Gasteiger partial charge in [0.2, 0.25) is 5.91 Å². The number of carbonyl (C=O) groups is 2. The highest BCUT2D eigenvalue weighted by Crippen LogP contribution is 2.14. The molecule has 4 rings (SSSR count). The quantitative estimate of drug-likeness (QED) is 0.252. The molecule has 220 valence electrons. The summed E-state index contributed by atoms with van der Waals surface area (Å²) in [7, 11) is 0. The van der Waals surface area contributed by atoms with Crippen molar-refractivity contribution in [1.82, 2.24) is 20.5 Å². The molecule has 10 heteroatoms. The first-order valence-electron chi connectivity index (χ1n) is 14.3. The fraction of sp³-hybridized carbons (Fsp3) is 0.452. The fourth-order valence-corrected chi connectivity index (χ4v) is 5.40. The number of hydrogen-bond donors (Lipinski definition) is 3. The molecule has 2 heterocycles. The normalized spacial score (nSPS) is 15.9. The third-order valence-corrected chi connectivity index (χ3v) is 7.96. The van der Waals surface area contributed by atoms with E-state index in [0.29, 0.717) is 32.1 Å². The standard InChI is InChI=1S/C31H41N5O4S/c32-29(13-14-36-15-17-39-18-16-36)30(37)34-26(19-24-7-3-1-4-8-24)11-12-27(20-25-9-5-2-6-10-25)35-31(38)40-22-28-21-33-23-41-28/h1-10,21,23,26-27,29H,11-20,22,32H2,(H,34,37)(H,35,38)/t26-,27?,29+/m1/s1. The Bertz CT molecular complexity index is 1160. The summed E-state index contributed by atoms with van der Waals surface area (Å²) in [6.07, 6.45) is 4.48. The second kappa shape index (κ2) is 16.8. The molecule has 1 aliphatic rings. The van der Waals surface area contributed by atoms with Crippen LogP contribution in [0.4, 0.5) is 4.79 Å². The lowest BCUT2D eigenvalue weighted by Crippen LogP contribution is -2.48. The van der Waals surface area contributed by atoms with Crippen LogP contribution in [-0.2, 0) is 33.7 Å². The van der Waals surface area contributed by atoms with Crippen LogP contribution in [0.5, 0.6) is 0 Å². The average Bonchev–Trinajstić information content (AvgIpc) is 3.53. The zero-order valence-electron chi connectivity index (χ0n) is 23.5. The third kappa shape index (κ3) is 11.2. The number of alkyl carbamates (subject to hydrolysis) is 1. The van der Waals surface area contributed by atoms with E-state index >= 15 is 0 Å². The van der Waals surface area contributed by atoms with Crippen molar-refractivity contribution in [3.8, 4) is 0 Å². The maximum atomic E-state index is 13.2. The van der Waals surface area contributed by atoms with E-state index in [4.69, 9.17) is 15.2 Å². The summed E-state index contributed by atoms with van der Waals surface area (Å²) in [5.41, 5.74) is 10.3. The van der Waals surface area contributed by atoms with Gasteiger partial charge >= 0.3 is 6.09 Å². The number of hydrogen-bond acceptors (Lipinski definition) is 8. The minimum atomic E-state index is -0.587. The van der Waals surface area contributed by atoms with Crippen molar-refractivity contribution in [2.24, 2.45) is 5.73 Å². The van der Waals surface area contributed by atoms with Gasteiger partial charge in [0, 0.05) is 37.9 Å². The van der Waals surface area contributed by atoms with Crippen LogP contribution >= 0.6 is 11.3 Å². The number of rotatable bonds is 15. The van der Waals surface area contributed by atoms with E-state index in [1.54, 1.807) is 11.7 Å². The lowest BCUT2D eigenvalue weighted by molar-refractivity contribution is -0.123. The Hall–Kier alpha value is -3.31. The van der Waals surface area contributed by atoms with Crippen molar-refractivity contribution in [1.29, 1.82) is 0 Å². The molecule has 2 aromatic carbocycles. The Morgan fingerprint density at radius 2 is 1.54 bits per heavy atom. The lowest BCUT2D eigenvalue weighted by atomic mass is 9.95. The van der Waals surface area contributed by atoms with Gasteiger partial charge in [0.15, 0.2) is 0 Å². The molecule has 0 bridgehead atoms. The first-order valence-corrected chi connectivity index (χ1v) is 15.2. The van der Waals surface area contributed by atoms with Gasteiger partial charge < -0.3 is 25.8 Å². The summed E-state index contributed by atoms with van der Waals surface area (Å²) >= 11 is 1.45. The van der Waals surface area contributed by atoms with E-state index in [1.165, 1.54) is 11.3 Å². The highest BCUT2D eigenvalue weighted by molar-refractivity contribution is 7.09. The first-order chi connectivity index (χ1) is 20.0. The van der Waals surface area contributed by atoms with Crippen molar-refractivity contribution >= 4 is 23.3 Å². The fourth-order valence-electron chi connectivity index (χ4n) is 4.89. The monoisotopic (exact) mass is 579 g/mol. The molecule has 1 fully saturated rings. The van der Waals surface area contributed by atoms with Crippen LogP contribution in [0.2, 0.25) is 0 Å². The maximum absolute atomic E-state index is 13.2. The van der Waals surface area contributed by atoms with Gasteiger partial charge in [-0.1, -0.05) is 60.7 Å². The number of nitrogens with zero attached hydrogens (tertiary/aromatic N) is 2. The van der Waals surface area contributed by atoms with Crippen molar-refractivity contribution in [2.75, 3.05) is 32.8 Å². The van der Waals surface area contributed by atoms with Gasteiger partial charge in [-0.3, -0.25) is 14.7 Å². The number of carbonyl (C=O) groups excluding carboxylic acids is 2. The summed E-state index contributed by atoms with van der Waals surface area (Å²) in [6, 6.07) is 19.3. The van der Waals surface area contributed by atoms with E-state index in [0.717, 1.165) is 48.9 Å². The van der Waals surface area contributed by atoms with Crippen molar-refractivity contribution in [2.45, 2.75) is 56.8 Å². The highest BCUT2D eigenvalue weighted by atomic mass is 32.1. The van der Waals surface area contributed by atoms with E-state index < -0.39 is 12.1 Å². The topological polar surface area (TPSA) is 119 Å². The van der Waals surface area contributed by atoms with Crippen LogP contribution in [0, 0.1) is 0 Å². The summed E-state index contributed by atoms with van der Waals surface area (Å²) < 4.78 is 10.9. The van der Waals surface area contributed by atoms with Gasteiger partial charge in [0.25, 0.3) is 0 Å². The van der Waals surface area contributed by atoms with Crippen LogP contribution in [0.15, 0.2) is 72.4 Å². The molecule has 3 atom stereocenters. The maximum Gasteiger partial charge on any atom is 0.407 e. The number of nitrogens with two attached hydrogens (primary N) is 1. The van der Waals surface area contributed by atoms with Crippen molar-refractivity contribution < 1.29 is 19.1 Å². The van der Waals surface area contributed by atoms with E-state index in [9.17, 15) is 9.59 Å². The van der Waals surface area contributed by atoms with Crippen LogP contribution in [0.3, 0.4) is 0 Å². The molecule has 1 aromatic heterocycles. The van der Waals surface area contributed by atoms with E-state index in [1.807, 2.05) is 48.5 Å². The summed E-state index contributed by atoms with van der Waals surface area (Å²) in [6.45, 7) is 4.13. The van der Waals surface area contributed by atoms with Crippen LogP contribution < -0.4 is 16.4 Å². The molecule has 3 aromatic rings. The van der Waals surface area contributed by atoms with Gasteiger partial charge in [-0.2, -0.15) is 0 Å². The molecule has 1 aliphatic heterocycles. The van der Waals surface area contributed by atoms with Gasteiger partial charge in [-0.25, -0.2) is 4.79 Å². The van der Waals surface area contributed by atoms with Gasteiger partial charge in [-0.15, -0.1) is 11.3 Å². The summed E-state index contributed by atoms with van der Waals surface area (Å²) in [5, 5.41) is 6.26. The van der Waals surface area contributed by atoms with E-state index in [2.05, 4.69) is 32.7 Å². The molecule has 1 unspecified atom stereocenters. The lowest BCUT2D eigenvalue weighted by Gasteiger charge is -2.28. The molecule has 4 N–H and O–H groups in total. The third-order valence-electron chi connectivity index (χ3n) is 7.21. The zero-order chi connectivity index (χ0) is 28.7. The Labute approximate surface area is 246 Å². The minimum Gasteiger partial charge on any atom is -0.444 e. The Morgan fingerprint density at radius 3 is 2.12 bits per heavy atom. The highest BCUT2D eigenvalue weighted by Gasteiger charge is 2.22. The van der Waals surface area contributed by atoms with Gasteiger partial charge in [0.1, 0.15) is 6.61 Å². The average molecular weight is 580 g/mol. The predicted octanol–water partition coefficient (Wildman–Crippen LogP) is 3.54. The number of aromatic nitrogens is 1. The largest absolute Gasteiger partial charge is 0.444 e. The second-order valence-electron chi connectivity index (χ2n) is 10.4. The summed E-state index contributed by atoms with van der Waals surface area (Å²) in [5.74, 6) is -0.143. The molecule has 0 saturated carbocycles. The number of thiazole rings is 1. The van der Waals surface area contributed by atoms with Crippen LogP contribution in [0.1, 0.15) is 35.3 Å². The smallest absolute Gasteiger partial charge is 0.407 e. The molecule has 9 nitrogen and oxygen atoms in total. The van der Waals surface area contributed by atoms with E-state index in [-0.39, 0.29) is 24.6 Å². The van der Waals surface area contributed by atoms with Crippen molar-refractivity contribution in [3.63, 3.8) is 0 Å². The molecule has 41 heavy (non-hydrogen) atoms. The number of benzene rings is 2. The zero-order valence-corrected chi connectivity index (χ0v) is 24.3. The predicted molar refractivity (Wildman–Crippen MR) is 161 cm³/mol. The Kier molecular flexibility index (Phi) is 12.6. The molecular formula is C31H41N5O4S. The number of ether oxygens (including phenoxy) is 2. The molecule has 2 amide bonds. The number of nitrogens with one attached hydrogen (secondary N) is 2. The molecule has 0 aliphatic carbocycles. The SMILES string of the molecule is N[C@@H](CCN1CCOCC1)C(=O)N[C@H](CCC(Cc1ccccc1)NC(=O)OCc1cncs1)Cc1ccccc1. The Morgan fingerprint density at radius 1 is 0.927 bits per heavy atom. The molecule has 0 spiro atoms. The van der Waals surface area contributed by atoms with Gasteiger partial charge in [0.05, 0.1) is 29.6 Å². The number of amides is 2. The molecule has 1 saturated heterocycles. The van der Waals surface area contributed by atoms with Crippen LogP contribution in [-0.4, -0.2) is 72.9 Å². The number of morpholine rings is 1. The van der Waals surface area contributed by atoms with Crippen LogP contribution in [0.25, 0.3) is 0 Å². The molecular weight excluding hydrogens is 538 g/mol. The first kappa shape index (κ1) is 30.6. The minimum absolute atomic E-state index is 0.132. The Balaban J connectivity index is 1.36. The van der Waals surface area contributed by atoms with Gasteiger partial charge in [-0.05, 0) is 43.2 Å². The van der Waals surface area contributed by atoms with Crippen molar-refractivity contribution in [3.05, 3.63) is 88.4 Å². The second-order valence-corrected chi connectivity index (χ2v) is 11.4.